The van der Waals surface area contributed by atoms with Crippen molar-refractivity contribution in [2.45, 2.75) is 33.2 Å². The number of benzene rings is 1. The Hall–Kier alpha value is -2.43. The largest absolute Gasteiger partial charge is 0.383 e. The molecule has 0 unspecified atom stereocenters. The molecule has 2 rings (SSSR count). The number of nitrogens with one attached hydrogen (secondary N) is 2. The molecule has 110 valence electrons. The molecule has 5 heteroatoms. The third-order valence-corrected chi connectivity index (χ3v) is 3.07. The van der Waals surface area contributed by atoms with E-state index in [1.807, 2.05) is 39.0 Å². The number of anilines is 2. The molecule has 0 saturated carbocycles. The molecule has 0 atom stereocenters. The molecule has 0 radical (unpaired) electrons. The Bertz CT molecular complexity index is 649. The maximum Gasteiger partial charge on any atom is 0.140 e. The van der Waals surface area contributed by atoms with Gasteiger partial charge in [0.25, 0.3) is 0 Å². The van der Waals surface area contributed by atoms with Crippen molar-refractivity contribution in [1.82, 2.24) is 9.97 Å². The topological polar surface area (TPSA) is 87.7 Å². The van der Waals surface area contributed by atoms with Gasteiger partial charge in [-0.2, -0.15) is 0 Å². The lowest BCUT2D eigenvalue weighted by atomic mass is 10.0. The number of rotatable bonds is 5. The third-order valence-electron chi connectivity index (χ3n) is 3.07. The van der Waals surface area contributed by atoms with Crippen LogP contribution >= 0.6 is 0 Å². The van der Waals surface area contributed by atoms with Crippen LogP contribution in [0.3, 0.4) is 0 Å². The highest BCUT2D eigenvalue weighted by Crippen LogP contribution is 2.20. The number of nitrogens with zero attached hydrogens (tertiary/aromatic N) is 2. The van der Waals surface area contributed by atoms with E-state index in [1.165, 1.54) is 11.9 Å². The normalized spacial score (nSPS) is 10.7. The molecule has 0 fully saturated rings. The number of nitrogens with two attached hydrogens (primary N) is 1. The van der Waals surface area contributed by atoms with E-state index in [0.717, 1.165) is 5.56 Å². The van der Waals surface area contributed by atoms with Gasteiger partial charge in [0, 0.05) is 12.5 Å². The average molecular weight is 283 g/mol. The van der Waals surface area contributed by atoms with Gasteiger partial charge in [-0.05, 0) is 26.3 Å². The smallest absolute Gasteiger partial charge is 0.140 e. The summed E-state index contributed by atoms with van der Waals surface area (Å²) in [4.78, 5) is 8.23. The number of nitrogen functional groups attached to an aromatic ring is 1. The van der Waals surface area contributed by atoms with Crippen molar-refractivity contribution >= 4 is 17.3 Å². The van der Waals surface area contributed by atoms with Gasteiger partial charge in [-0.15, -0.1) is 0 Å². The van der Waals surface area contributed by atoms with E-state index in [0.29, 0.717) is 29.3 Å². The summed E-state index contributed by atoms with van der Waals surface area (Å²) in [6.45, 7) is 6.08. The molecule has 0 amide bonds. The number of aromatic nitrogens is 2. The second-order valence-electron chi connectivity index (χ2n) is 5.43. The molecular formula is C16H21N5. The number of aryl methyl sites for hydroxylation is 1. The molecule has 0 aliphatic heterocycles. The molecule has 1 aromatic carbocycles. The summed E-state index contributed by atoms with van der Waals surface area (Å²) < 4.78 is 0. The van der Waals surface area contributed by atoms with Crippen molar-refractivity contribution in [1.29, 1.82) is 5.41 Å². The zero-order valence-electron chi connectivity index (χ0n) is 12.6. The second kappa shape index (κ2) is 6.35. The van der Waals surface area contributed by atoms with Gasteiger partial charge in [-0.25, -0.2) is 9.97 Å². The van der Waals surface area contributed by atoms with Gasteiger partial charge in [0.15, 0.2) is 0 Å². The van der Waals surface area contributed by atoms with Gasteiger partial charge in [0.1, 0.15) is 18.0 Å². The molecule has 1 heterocycles. The first-order valence-corrected chi connectivity index (χ1v) is 6.97. The first kappa shape index (κ1) is 15.0. The second-order valence-corrected chi connectivity index (χ2v) is 5.43. The Morgan fingerprint density at radius 2 is 2.10 bits per heavy atom. The minimum Gasteiger partial charge on any atom is -0.383 e. The molecule has 21 heavy (non-hydrogen) atoms. The van der Waals surface area contributed by atoms with Crippen LogP contribution in [0.1, 0.15) is 30.5 Å². The van der Waals surface area contributed by atoms with Crippen LogP contribution in [-0.4, -0.2) is 21.7 Å². The molecule has 4 N–H and O–H groups in total. The predicted octanol–water partition coefficient (Wildman–Crippen LogP) is 2.80. The van der Waals surface area contributed by atoms with Crippen LogP contribution in [0, 0.1) is 12.3 Å². The molecule has 0 bridgehead atoms. The van der Waals surface area contributed by atoms with Gasteiger partial charge in [0.2, 0.25) is 0 Å². The first-order valence-electron chi connectivity index (χ1n) is 6.97. The molecule has 0 saturated heterocycles. The van der Waals surface area contributed by atoms with Crippen LogP contribution in [0.25, 0.3) is 0 Å². The van der Waals surface area contributed by atoms with Gasteiger partial charge in [-0.1, -0.05) is 29.8 Å². The van der Waals surface area contributed by atoms with Crippen LogP contribution in [0.15, 0.2) is 30.6 Å². The summed E-state index contributed by atoms with van der Waals surface area (Å²) in [7, 11) is 0. The third kappa shape index (κ3) is 3.78. The minimum atomic E-state index is 0.213. The van der Waals surface area contributed by atoms with E-state index < -0.39 is 0 Å². The van der Waals surface area contributed by atoms with E-state index in [9.17, 15) is 0 Å². The van der Waals surface area contributed by atoms with E-state index in [2.05, 4.69) is 21.4 Å². The molecule has 0 aliphatic carbocycles. The van der Waals surface area contributed by atoms with Crippen LogP contribution in [-0.2, 0) is 6.42 Å². The van der Waals surface area contributed by atoms with E-state index in [-0.39, 0.29) is 6.04 Å². The molecule has 0 spiro atoms. The van der Waals surface area contributed by atoms with Crippen molar-refractivity contribution in [3.8, 4) is 0 Å². The highest BCUT2D eigenvalue weighted by molar-refractivity contribution is 6.06. The fourth-order valence-corrected chi connectivity index (χ4v) is 2.19. The lowest BCUT2D eigenvalue weighted by molar-refractivity contribution is 0.885. The molecule has 1 aromatic heterocycles. The first-order chi connectivity index (χ1) is 9.97. The number of hydrogen-bond donors (Lipinski definition) is 3. The van der Waals surface area contributed by atoms with E-state index >= 15 is 0 Å². The summed E-state index contributed by atoms with van der Waals surface area (Å²) in [5, 5.41) is 11.6. The van der Waals surface area contributed by atoms with E-state index in [1.54, 1.807) is 0 Å². The Morgan fingerprint density at radius 3 is 2.76 bits per heavy atom. The summed E-state index contributed by atoms with van der Waals surface area (Å²) in [6, 6.07) is 8.33. The maximum atomic E-state index is 8.36. The highest BCUT2D eigenvalue weighted by atomic mass is 15.0. The quantitative estimate of drug-likeness (QED) is 0.736. The minimum absolute atomic E-state index is 0.213. The Morgan fingerprint density at radius 1 is 1.33 bits per heavy atom. The standard InChI is InChI=1S/C16H21N5/c1-10(2)21-16-14(15(18)19-9-20-16)13(17)8-12-6-4-5-11(3)7-12/h4-7,9-10,17H,8H2,1-3H3,(H3,18,19,20,21). The molecule has 2 aromatic rings. The number of hydrogen-bond acceptors (Lipinski definition) is 5. The summed E-state index contributed by atoms with van der Waals surface area (Å²) in [5.41, 5.74) is 9.22. The van der Waals surface area contributed by atoms with Crippen molar-refractivity contribution in [3.63, 3.8) is 0 Å². The zero-order chi connectivity index (χ0) is 15.4. The van der Waals surface area contributed by atoms with Crippen LogP contribution < -0.4 is 11.1 Å². The van der Waals surface area contributed by atoms with Crippen molar-refractivity contribution < 1.29 is 0 Å². The fraction of sp³-hybridized carbons (Fsp3) is 0.312. The average Bonchev–Trinajstić information content (AvgIpc) is 2.37. The summed E-state index contributed by atoms with van der Waals surface area (Å²) >= 11 is 0. The highest BCUT2D eigenvalue weighted by Gasteiger charge is 2.15. The SMILES string of the molecule is Cc1cccc(CC(=N)c2c(N)ncnc2NC(C)C)c1. The van der Waals surface area contributed by atoms with Crippen LogP contribution in [0.2, 0.25) is 0 Å². The Labute approximate surface area is 125 Å². The maximum absolute atomic E-state index is 8.36. The Balaban J connectivity index is 2.30. The molecular weight excluding hydrogens is 262 g/mol. The van der Waals surface area contributed by atoms with Gasteiger partial charge < -0.3 is 16.5 Å². The zero-order valence-corrected chi connectivity index (χ0v) is 12.6. The lowest BCUT2D eigenvalue weighted by Crippen LogP contribution is -2.18. The summed E-state index contributed by atoms with van der Waals surface area (Å²) in [5.74, 6) is 0.959. The fourth-order valence-electron chi connectivity index (χ4n) is 2.19. The van der Waals surface area contributed by atoms with Crippen molar-refractivity contribution in [3.05, 3.63) is 47.3 Å². The predicted molar refractivity (Wildman–Crippen MR) is 86.9 cm³/mol. The van der Waals surface area contributed by atoms with Crippen molar-refractivity contribution in [2.24, 2.45) is 0 Å². The summed E-state index contributed by atoms with van der Waals surface area (Å²) in [6.07, 6.45) is 1.93. The monoisotopic (exact) mass is 283 g/mol. The van der Waals surface area contributed by atoms with Gasteiger partial charge >= 0.3 is 0 Å². The lowest BCUT2D eigenvalue weighted by Gasteiger charge is -2.15. The van der Waals surface area contributed by atoms with E-state index in [4.69, 9.17) is 11.1 Å². The van der Waals surface area contributed by atoms with Gasteiger partial charge in [-0.3, -0.25) is 0 Å². The van der Waals surface area contributed by atoms with Crippen LogP contribution in [0.5, 0.6) is 0 Å². The van der Waals surface area contributed by atoms with Crippen molar-refractivity contribution in [2.75, 3.05) is 11.1 Å². The van der Waals surface area contributed by atoms with Crippen LogP contribution in [0.4, 0.5) is 11.6 Å². The molecule has 0 aliphatic rings. The molecule has 5 nitrogen and oxygen atoms in total. The van der Waals surface area contributed by atoms with Gasteiger partial charge in [0.05, 0.1) is 11.3 Å². The Kier molecular flexibility index (Phi) is 4.52.